The molecule has 1 aromatic heterocycles. The summed E-state index contributed by atoms with van der Waals surface area (Å²) in [7, 11) is 0. The standard InChI is InChI=1S/C41H28N4/c1-28-18-22-30(23-19-28)34-26-35(31-24-20-29(27-42)21-25-31)43-41-33(34)12-9-17-40(41)45-38-15-7-5-13-36(38)44(32-10-3-2-4-11-32)37-14-6-8-16-39(37)45/h2-26H,1H3. The Morgan fingerprint density at radius 2 is 1.09 bits per heavy atom. The van der Waals surface area contributed by atoms with E-state index in [1.807, 2.05) is 24.3 Å². The Hall–Kier alpha value is -6.18. The van der Waals surface area contributed by atoms with Gasteiger partial charge in [0.1, 0.15) is 0 Å². The fourth-order valence-electron chi connectivity index (χ4n) is 6.31. The van der Waals surface area contributed by atoms with Gasteiger partial charge in [0.15, 0.2) is 0 Å². The lowest BCUT2D eigenvalue weighted by Crippen LogP contribution is -2.24. The predicted molar refractivity (Wildman–Crippen MR) is 185 cm³/mol. The highest BCUT2D eigenvalue weighted by atomic mass is 15.3. The van der Waals surface area contributed by atoms with Gasteiger partial charge in [-0.2, -0.15) is 5.26 Å². The van der Waals surface area contributed by atoms with Gasteiger partial charge in [0.2, 0.25) is 0 Å². The lowest BCUT2D eigenvalue weighted by atomic mass is 9.96. The number of nitrogens with zero attached hydrogens (tertiary/aromatic N) is 4. The molecule has 0 fully saturated rings. The number of hydrogen-bond acceptors (Lipinski definition) is 4. The first-order chi connectivity index (χ1) is 22.2. The Balaban J connectivity index is 1.41. The van der Waals surface area contributed by atoms with Crippen LogP contribution in [0.4, 0.5) is 34.1 Å². The molecular weight excluding hydrogens is 548 g/mol. The molecule has 8 rings (SSSR count). The Bertz CT molecular complexity index is 2180. The molecule has 4 nitrogen and oxygen atoms in total. The van der Waals surface area contributed by atoms with Crippen LogP contribution in [0, 0.1) is 18.3 Å². The summed E-state index contributed by atoms with van der Waals surface area (Å²) in [5.41, 5.74) is 13.3. The smallest absolute Gasteiger partial charge is 0.0991 e. The highest BCUT2D eigenvalue weighted by Crippen LogP contribution is 2.55. The Morgan fingerprint density at radius 3 is 1.71 bits per heavy atom. The van der Waals surface area contributed by atoms with Gasteiger partial charge >= 0.3 is 0 Å². The first-order valence-corrected chi connectivity index (χ1v) is 15.0. The van der Waals surface area contributed by atoms with Crippen molar-refractivity contribution in [3.05, 3.63) is 163 Å². The SMILES string of the molecule is Cc1ccc(-c2cc(-c3ccc(C#N)cc3)nc3c(N4c5ccccc5N(c5ccccc5)c5ccccc54)cccc23)cc1. The van der Waals surface area contributed by atoms with Crippen LogP contribution in [0.5, 0.6) is 0 Å². The number of anilines is 6. The zero-order valence-electron chi connectivity index (χ0n) is 24.7. The maximum absolute atomic E-state index is 9.41. The average Bonchev–Trinajstić information content (AvgIpc) is 3.10. The molecule has 6 aromatic carbocycles. The zero-order valence-corrected chi connectivity index (χ0v) is 24.7. The highest BCUT2D eigenvalue weighted by molar-refractivity contribution is 6.09. The Labute approximate surface area is 262 Å². The molecule has 0 radical (unpaired) electrons. The maximum atomic E-state index is 9.41. The molecule has 0 bridgehead atoms. The summed E-state index contributed by atoms with van der Waals surface area (Å²) in [6, 6.07) is 54.9. The summed E-state index contributed by atoms with van der Waals surface area (Å²) < 4.78 is 0. The van der Waals surface area contributed by atoms with Crippen molar-refractivity contribution in [2.75, 3.05) is 9.80 Å². The van der Waals surface area contributed by atoms with Crippen molar-refractivity contribution in [3.8, 4) is 28.5 Å². The van der Waals surface area contributed by atoms with Gasteiger partial charge in [-0.3, -0.25) is 0 Å². The number of para-hydroxylation sites is 6. The average molecular weight is 577 g/mol. The molecule has 0 N–H and O–H groups in total. The number of fused-ring (bicyclic) bond motifs is 3. The minimum absolute atomic E-state index is 0.628. The minimum atomic E-state index is 0.628. The Morgan fingerprint density at radius 1 is 0.533 bits per heavy atom. The molecule has 0 aliphatic carbocycles. The molecule has 7 aromatic rings. The van der Waals surface area contributed by atoms with Gasteiger partial charge in [0, 0.05) is 16.6 Å². The molecule has 0 amide bonds. The van der Waals surface area contributed by atoms with Gasteiger partial charge in [-0.15, -0.1) is 0 Å². The number of rotatable bonds is 4. The van der Waals surface area contributed by atoms with Crippen LogP contribution < -0.4 is 9.80 Å². The van der Waals surface area contributed by atoms with Crippen molar-refractivity contribution in [3.63, 3.8) is 0 Å². The summed E-state index contributed by atoms with van der Waals surface area (Å²) in [6.07, 6.45) is 0. The van der Waals surface area contributed by atoms with Crippen LogP contribution in [0.1, 0.15) is 11.1 Å². The van der Waals surface area contributed by atoms with Crippen molar-refractivity contribution in [2.24, 2.45) is 0 Å². The third-order valence-electron chi connectivity index (χ3n) is 8.47. The van der Waals surface area contributed by atoms with Crippen molar-refractivity contribution >= 4 is 45.0 Å². The molecule has 2 heterocycles. The monoisotopic (exact) mass is 576 g/mol. The van der Waals surface area contributed by atoms with Crippen molar-refractivity contribution in [1.82, 2.24) is 4.98 Å². The number of pyridine rings is 1. The lowest BCUT2D eigenvalue weighted by Gasteiger charge is -2.40. The highest BCUT2D eigenvalue weighted by Gasteiger charge is 2.31. The van der Waals surface area contributed by atoms with Gasteiger partial charge in [-0.25, -0.2) is 4.98 Å². The van der Waals surface area contributed by atoms with Crippen LogP contribution >= 0.6 is 0 Å². The van der Waals surface area contributed by atoms with E-state index in [1.54, 1.807) is 0 Å². The van der Waals surface area contributed by atoms with Crippen molar-refractivity contribution in [2.45, 2.75) is 6.92 Å². The first kappa shape index (κ1) is 26.4. The molecule has 4 heteroatoms. The third kappa shape index (κ3) is 4.50. The topological polar surface area (TPSA) is 43.2 Å². The molecule has 212 valence electrons. The second kappa shape index (κ2) is 10.8. The van der Waals surface area contributed by atoms with Crippen LogP contribution in [-0.2, 0) is 0 Å². The quantitative estimate of drug-likeness (QED) is 0.209. The molecule has 0 spiro atoms. The van der Waals surface area contributed by atoms with E-state index in [0.29, 0.717) is 5.56 Å². The number of hydrogen-bond donors (Lipinski definition) is 0. The maximum Gasteiger partial charge on any atom is 0.0991 e. The van der Waals surface area contributed by atoms with E-state index in [0.717, 1.165) is 67.4 Å². The minimum Gasteiger partial charge on any atom is -0.306 e. The van der Waals surface area contributed by atoms with E-state index in [9.17, 15) is 5.26 Å². The van der Waals surface area contributed by atoms with Crippen molar-refractivity contribution < 1.29 is 0 Å². The molecule has 0 atom stereocenters. The van der Waals surface area contributed by atoms with Gasteiger partial charge < -0.3 is 9.80 Å². The third-order valence-corrected chi connectivity index (χ3v) is 8.47. The van der Waals surface area contributed by atoms with Gasteiger partial charge in [0.25, 0.3) is 0 Å². The number of aryl methyl sites for hydroxylation is 1. The van der Waals surface area contributed by atoms with E-state index in [1.165, 1.54) is 5.56 Å². The van der Waals surface area contributed by atoms with E-state index >= 15 is 0 Å². The summed E-state index contributed by atoms with van der Waals surface area (Å²) in [4.78, 5) is 10.0. The summed E-state index contributed by atoms with van der Waals surface area (Å²) in [5.74, 6) is 0. The van der Waals surface area contributed by atoms with Crippen LogP contribution in [-0.4, -0.2) is 4.98 Å². The molecular formula is C41H28N4. The number of aromatic nitrogens is 1. The van der Waals surface area contributed by atoms with Crippen LogP contribution in [0.15, 0.2) is 152 Å². The number of nitriles is 1. The first-order valence-electron chi connectivity index (χ1n) is 15.0. The summed E-state index contributed by atoms with van der Waals surface area (Å²) in [5, 5.41) is 10.5. The van der Waals surface area contributed by atoms with Crippen molar-refractivity contribution in [1.29, 1.82) is 5.26 Å². The van der Waals surface area contributed by atoms with Gasteiger partial charge in [-0.1, -0.05) is 96.6 Å². The normalized spacial score (nSPS) is 12.0. The molecule has 45 heavy (non-hydrogen) atoms. The zero-order chi connectivity index (χ0) is 30.3. The molecule has 0 unspecified atom stereocenters. The van der Waals surface area contributed by atoms with E-state index in [4.69, 9.17) is 4.98 Å². The molecule has 1 aliphatic rings. The largest absolute Gasteiger partial charge is 0.306 e. The van der Waals surface area contributed by atoms with Gasteiger partial charge in [0.05, 0.1) is 51.3 Å². The van der Waals surface area contributed by atoms with Gasteiger partial charge in [-0.05, 0) is 78.7 Å². The summed E-state index contributed by atoms with van der Waals surface area (Å²) >= 11 is 0. The Kier molecular flexibility index (Phi) is 6.36. The lowest BCUT2D eigenvalue weighted by molar-refractivity contribution is 1.17. The predicted octanol–water partition coefficient (Wildman–Crippen LogP) is 11.0. The number of benzene rings is 6. The molecule has 1 aliphatic heterocycles. The van der Waals surface area contributed by atoms with Crippen LogP contribution in [0.3, 0.4) is 0 Å². The van der Waals surface area contributed by atoms with E-state index < -0.39 is 0 Å². The van der Waals surface area contributed by atoms with Crippen LogP contribution in [0.2, 0.25) is 0 Å². The van der Waals surface area contributed by atoms with Crippen LogP contribution in [0.25, 0.3) is 33.3 Å². The van der Waals surface area contributed by atoms with E-state index in [-0.39, 0.29) is 0 Å². The summed E-state index contributed by atoms with van der Waals surface area (Å²) in [6.45, 7) is 2.11. The second-order valence-electron chi connectivity index (χ2n) is 11.3. The molecule has 0 saturated carbocycles. The fourth-order valence-corrected chi connectivity index (χ4v) is 6.31. The second-order valence-corrected chi connectivity index (χ2v) is 11.3. The fraction of sp³-hybridized carbons (Fsp3) is 0.0244. The molecule has 0 saturated heterocycles. The van der Waals surface area contributed by atoms with E-state index in [2.05, 4.69) is 150 Å².